The van der Waals surface area contributed by atoms with Crippen LogP contribution in [0.2, 0.25) is 0 Å². The number of hydrogen-bond donors (Lipinski definition) is 1. The van der Waals surface area contributed by atoms with Crippen molar-refractivity contribution in [3.05, 3.63) is 18.5 Å². The van der Waals surface area contributed by atoms with Gasteiger partial charge in [-0.15, -0.1) is 0 Å². The molecular formula is C23H34N6O2. The van der Waals surface area contributed by atoms with Crippen LogP contribution in [-0.2, 0) is 4.79 Å². The number of amides is 3. The van der Waals surface area contributed by atoms with Gasteiger partial charge < -0.3 is 20.0 Å². The van der Waals surface area contributed by atoms with E-state index in [1.807, 2.05) is 15.9 Å². The lowest BCUT2D eigenvalue weighted by Crippen LogP contribution is -2.55. The first-order chi connectivity index (χ1) is 15.1. The Morgan fingerprint density at radius 1 is 1.10 bits per heavy atom. The number of urea groups is 1. The van der Waals surface area contributed by atoms with Crippen molar-refractivity contribution in [3.8, 4) is 0 Å². The van der Waals surface area contributed by atoms with Crippen LogP contribution in [0, 0.1) is 10.8 Å². The van der Waals surface area contributed by atoms with E-state index in [1.165, 1.54) is 12.8 Å². The summed E-state index contributed by atoms with van der Waals surface area (Å²) in [6, 6.07) is 2.23. The first kappa shape index (κ1) is 20.5. The van der Waals surface area contributed by atoms with Crippen LogP contribution >= 0.6 is 0 Å². The first-order valence-corrected chi connectivity index (χ1v) is 11.9. The SMILES string of the molecule is CCN1CCC2(CN(c3ncccn3)CC23CCN(C(=O)NC2CCCC2)CC3)C1=O. The molecule has 1 aliphatic carbocycles. The monoisotopic (exact) mass is 426 g/mol. The molecule has 8 nitrogen and oxygen atoms in total. The molecule has 1 saturated carbocycles. The average Bonchev–Trinajstić information content (AvgIpc) is 3.50. The largest absolute Gasteiger partial charge is 0.342 e. The van der Waals surface area contributed by atoms with Crippen LogP contribution in [0.15, 0.2) is 18.5 Å². The van der Waals surface area contributed by atoms with Crippen molar-refractivity contribution in [3.63, 3.8) is 0 Å². The molecule has 168 valence electrons. The van der Waals surface area contributed by atoms with Gasteiger partial charge in [0.2, 0.25) is 11.9 Å². The Balaban J connectivity index is 1.36. The van der Waals surface area contributed by atoms with E-state index >= 15 is 0 Å². The summed E-state index contributed by atoms with van der Waals surface area (Å²) in [6.07, 6.45) is 10.8. The highest BCUT2D eigenvalue weighted by Crippen LogP contribution is 2.58. The standard InChI is InChI=1S/C23H34N6O2/c1-2-27-15-10-23(19(27)30)17-29(20-24-11-5-12-25-20)16-22(23)8-13-28(14-9-22)21(31)26-18-6-3-4-7-18/h5,11-12,18H,2-4,6-10,13-17H2,1H3,(H,26,31). The van der Waals surface area contributed by atoms with Crippen molar-refractivity contribution >= 4 is 17.9 Å². The third-order valence-corrected chi connectivity index (χ3v) is 8.38. The van der Waals surface area contributed by atoms with Crippen molar-refractivity contribution in [2.45, 2.75) is 57.9 Å². The fourth-order valence-electron chi connectivity index (χ4n) is 6.55. The summed E-state index contributed by atoms with van der Waals surface area (Å²) in [4.78, 5) is 41.6. The number of likely N-dealkylation sites (tertiary alicyclic amines) is 2. The fourth-order valence-corrected chi connectivity index (χ4v) is 6.55. The maximum absolute atomic E-state index is 13.6. The van der Waals surface area contributed by atoms with Crippen LogP contribution in [-0.4, -0.2) is 77.0 Å². The number of rotatable bonds is 3. The number of fused-ring (bicyclic) bond motifs is 1. The number of anilines is 1. The molecule has 31 heavy (non-hydrogen) atoms. The van der Waals surface area contributed by atoms with Crippen molar-refractivity contribution in [1.82, 2.24) is 25.1 Å². The number of carbonyl (C=O) groups is 2. The van der Waals surface area contributed by atoms with Crippen LogP contribution in [0.3, 0.4) is 0 Å². The van der Waals surface area contributed by atoms with Crippen LogP contribution in [0.25, 0.3) is 0 Å². The molecule has 2 spiro atoms. The quantitative estimate of drug-likeness (QED) is 0.802. The third-order valence-electron chi connectivity index (χ3n) is 8.38. The van der Waals surface area contributed by atoms with E-state index in [2.05, 4.69) is 27.1 Å². The van der Waals surface area contributed by atoms with Gasteiger partial charge in [-0.3, -0.25) is 4.79 Å². The van der Waals surface area contributed by atoms with Crippen LogP contribution < -0.4 is 10.2 Å². The van der Waals surface area contributed by atoms with Gasteiger partial charge in [-0.1, -0.05) is 12.8 Å². The maximum Gasteiger partial charge on any atom is 0.317 e. The Bertz CT molecular complexity index is 819. The molecule has 0 bridgehead atoms. The molecule has 0 aromatic carbocycles. The lowest BCUT2D eigenvalue weighted by atomic mass is 9.60. The molecular weight excluding hydrogens is 392 g/mol. The molecule has 4 heterocycles. The zero-order valence-corrected chi connectivity index (χ0v) is 18.6. The van der Waals surface area contributed by atoms with Gasteiger partial charge in [0.1, 0.15) is 0 Å². The Morgan fingerprint density at radius 2 is 1.81 bits per heavy atom. The molecule has 1 atom stereocenters. The molecule has 5 rings (SSSR count). The van der Waals surface area contributed by atoms with E-state index in [1.54, 1.807) is 12.4 Å². The molecule has 3 aliphatic heterocycles. The summed E-state index contributed by atoms with van der Waals surface area (Å²) in [5, 5.41) is 3.23. The second-order valence-electron chi connectivity index (χ2n) is 9.82. The van der Waals surface area contributed by atoms with Gasteiger partial charge in [0.15, 0.2) is 0 Å². The van der Waals surface area contributed by atoms with Crippen molar-refractivity contribution in [1.29, 1.82) is 0 Å². The summed E-state index contributed by atoms with van der Waals surface area (Å²) < 4.78 is 0. The molecule has 3 amide bonds. The van der Waals surface area contributed by atoms with Gasteiger partial charge in [-0.25, -0.2) is 14.8 Å². The van der Waals surface area contributed by atoms with E-state index in [4.69, 9.17) is 0 Å². The van der Waals surface area contributed by atoms with E-state index in [0.717, 1.165) is 51.7 Å². The van der Waals surface area contributed by atoms with Crippen molar-refractivity contribution < 1.29 is 9.59 Å². The predicted molar refractivity (Wildman–Crippen MR) is 118 cm³/mol. The van der Waals surface area contributed by atoms with Crippen LogP contribution in [0.1, 0.15) is 51.9 Å². The molecule has 4 aliphatic rings. The molecule has 0 radical (unpaired) electrons. The Labute approximate surface area is 184 Å². The van der Waals surface area contributed by atoms with Gasteiger partial charge in [-0.05, 0) is 45.1 Å². The number of hydrogen-bond acceptors (Lipinski definition) is 5. The predicted octanol–water partition coefficient (Wildman–Crippen LogP) is 2.27. The highest BCUT2D eigenvalue weighted by atomic mass is 16.2. The molecule has 3 saturated heterocycles. The zero-order chi connectivity index (χ0) is 21.5. The van der Waals surface area contributed by atoms with E-state index in [9.17, 15) is 9.59 Å². The minimum Gasteiger partial charge on any atom is -0.342 e. The summed E-state index contributed by atoms with van der Waals surface area (Å²) in [6.45, 7) is 6.54. The topological polar surface area (TPSA) is 81.7 Å². The van der Waals surface area contributed by atoms with Gasteiger partial charge >= 0.3 is 6.03 Å². The maximum atomic E-state index is 13.6. The van der Waals surface area contributed by atoms with Crippen LogP contribution in [0.5, 0.6) is 0 Å². The second kappa shape index (κ2) is 7.95. The van der Waals surface area contributed by atoms with E-state index in [0.29, 0.717) is 31.6 Å². The Morgan fingerprint density at radius 3 is 2.45 bits per heavy atom. The van der Waals surface area contributed by atoms with Crippen LogP contribution in [0.4, 0.5) is 10.7 Å². The molecule has 1 N–H and O–H groups in total. The Hall–Kier alpha value is -2.38. The lowest BCUT2D eigenvalue weighted by molar-refractivity contribution is -0.141. The number of carbonyl (C=O) groups excluding carboxylic acids is 2. The third kappa shape index (κ3) is 3.34. The Kier molecular flexibility index (Phi) is 5.26. The summed E-state index contributed by atoms with van der Waals surface area (Å²) in [7, 11) is 0. The molecule has 1 unspecified atom stereocenters. The molecule has 1 aromatic rings. The second-order valence-corrected chi connectivity index (χ2v) is 9.82. The van der Waals surface area contributed by atoms with Gasteiger partial charge in [-0.2, -0.15) is 0 Å². The average molecular weight is 427 g/mol. The summed E-state index contributed by atoms with van der Waals surface area (Å²) in [5.41, 5.74) is -0.520. The first-order valence-electron chi connectivity index (χ1n) is 11.9. The van der Waals surface area contributed by atoms with E-state index in [-0.39, 0.29) is 17.4 Å². The summed E-state index contributed by atoms with van der Waals surface area (Å²) in [5.74, 6) is 1.00. The minimum absolute atomic E-state index is 0.0741. The number of nitrogens with one attached hydrogen (secondary N) is 1. The van der Waals surface area contributed by atoms with Gasteiger partial charge in [0, 0.05) is 63.1 Å². The van der Waals surface area contributed by atoms with Crippen molar-refractivity contribution in [2.24, 2.45) is 10.8 Å². The highest BCUT2D eigenvalue weighted by Gasteiger charge is 2.65. The molecule has 1 aromatic heterocycles. The number of nitrogens with zero attached hydrogens (tertiary/aromatic N) is 5. The molecule has 8 heteroatoms. The number of aromatic nitrogens is 2. The van der Waals surface area contributed by atoms with Gasteiger partial charge in [0.05, 0.1) is 5.41 Å². The highest BCUT2D eigenvalue weighted by molar-refractivity contribution is 5.87. The summed E-state index contributed by atoms with van der Waals surface area (Å²) >= 11 is 0. The smallest absolute Gasteiger partial charge is 0.317 e. The van der Waals surface area contributed by atoms with E-state index < -0.39 is 5.41 Å². The normalized spacial score (nSPS) is 28.3. The number of piperidine rings is 1. The lowest BCUT2D eigenvalue weighted by Gasteiger charge is -2.46. The zero-order valence-electron chi connectivity index (χ0n) is 18.6. The van der Waals surface area contributed by atoms with Gasteiger partial charge in [0.25, 0.3) is 0 Å². The molecule has 4 fully saturated rings. The van der Waals surface area contributed by atoms with Crippen molar-refractivity contribution in [2.75, 3.05) is 44.2 Å². The fraction of sp³-hybridized carbons (Fsp3) is 0.739. The minimum atomic E-state index is -0.393.